The van der Waals surface area contributed by atoms with E-state index in [0.29, 0.717) is 18.0 Å². The summed E-state index contributed by atoms with van der Waals surface area (Å²) in [6.45, 7) is 13.6. The van der Waals surface area contributed by atoms with E-state index in [0.717, 1.165) is 112 Å². The Balaban J connectivity index is 1.30. The molecule has 2 N–H and O–H groups in total. The van der Waals surface area contributed by atoms with Crippen LogP contribution in [0.3, 0.4) is 0 Å². The Morgan fingerprint density at radius 3 is 2.61 bits per heavy atom. The summed E-state index contributed by atoms with van der Waals surface area (Å²) in [4.78, 5) is 9.90. The second-order valence-corrected chi connectivity index (χ2v) is 12.4. The van der Waals surface area contributed by atoms with Crippen molar-refractivity contribution in [2.24, 2.45) is 0 Å². The lowest BCUT2D eigenvalue weighted by Gasteiger charge is -2.30. The number of thioether (sulfide) groups is 1. The zero-order valence-electron chi connectivity index (χ0n) is 26.1. The zero-order valence-corrected chi connectivity index (χ0v) is 26.9. The van der Waals surface area contributed by atoms with E-state index < -0.39 is 0 Å². The number of unbranched alkanes of at least 4 members (excludes halogenated alkanes) is 2. The molecule has 44 heavy (non-hydrogen) atoms. The van der Waals surface area contributed by atoms with Gasteiger partial charge in [-0.25, -0.2) is 4.98 Å². The van der Waals surface area contributed by atoms with Gasteiger partial charge in [-0.05, 0) is 74.1 Å². The summed E-state index contributed by atoms with van der Waals surface area (Å²) in [5, 5.41) is 21.3. The first kappa shape index (κ1) is 32.2. The molecule has 1 aliphatic heterocycles. The first-order chi connectivity index (χ1) is 21.6. The van der Waals surface area contributed by atoms with Crippen LogP contribution >= 0.6 is 11.8 Å². The number of anilines is 2. The Kier molecular flexibility index (Phi) is 12.2. The molecule has 0 radical (unpaired) electrons. The van der Waals surface area contributed by atoms with Crippen LogP contribution in [-0.4, -0.2) is 75.1 Å². The number of nitrogens with zero attached hydrogens (tertiary/aromatic N) is 6. The van der Waals surface area contributed by atoms with Gasteiger partial charge in [0, 0.05) is 32.3 Å². The number of hydrogen-bond acceptors (Lipinski definition) is 10. The highest BCUT2D eigenvalue weighted by Gasteiger charge is 2.22. The minimum absolute atomic E-state index is 0.375. The average molecular weight is 619 g/mol. The highest BCUT2D eigenvalue weighted by molar-refractivity contribution is 8.11. The van der Waals surface area contributed by atoms with Crippen LogP contribution in [0.1, 0.15) is 70.2 Å². The van der Waals surface area contributed by atoms with Crippen LogP contribution in [0.4, 0.5) is 11.6 Å². The van der Waals surface area contributed by atoms with Crippen LogP contribution in [0.2, 0.25) is 0 Å². The minimum atomic E-state index is 0.375. The summed E-state index contributed by atoms with van der Waals surface area (Å²) < 4.78 is 11.4. The topological polar surface area (TPSA) is 102 Å². The summed E-state index contributed by atoms with van der Waals surface area (Å²) in [6, 6.07) is 14.5. The van der Waals surface area contributed by atoms with Crippen LogP contribution in [0.15, 0.2) is 60.1 Å². The molecular formula is C33H46N8O2S. The quantitative estimate of drug-likeness (QED) is 0.184. The van der Waals surface area contributed by atoms with Crippen molar-refractivity contribution in [2.75, 3.05) is 43.5 Å². The molecule has 0 bridgehead atoms. The van der Waals surface area contributed by atoms with Gasteiger partial charge in [-0.3, -0.25) is 4.90 Å². The minimum Gasteiger partial charge on any atom is -0.379 e. The van der Waals surface area contributed by atoms with Gasteiger partial charge in [-0.1, -0.05) is 62.4 Å². The second kappa shape index (κ2) is 16.7. The van der Waals surface area contributed by atoms with Gasteiger partial charge in [0.1, 0.15) is 11.6 Å². The molecule has 0 atom stereocenters. The molecule has 5 rings (SSSR count). The third kappa shape index (κ3) is 9.62. The molecule has 1 saturated heterocycles. The fourth-order valence-corrected chi connectivity index (χ4v) is 6.35. The van der Waals surface area contributed by atoms with Crippen molar-refractivity contribution in [3.05, 3.63) is 71.5 Å². The van der Waals surface area contributed by atoms with E-state index in [9.17, 15) is 0 Å². The Morgan fingerprint density at radius 1 is 1.09 bits per heavy atom. The molecule has 11 heteroatoms. The van der Waals surface area contributed by atoms with Gasteiger partial charge in [0.2, 0.25) is 5.82 Å². The third-order valence-electron chi connectivity index (χ3n) is 7.83. The number of tetrazole rings is 1. The summed E-state index contributed by atoms with van der Waals surface area (Å²) in [5.41, 5.74) is 2.08. The highest BCUT2D eigenvalue weighted by Crippen LogP contribution is 2.33. The van der Waals surface area contributed by atoms with E-state index >= 15 is 0 Å². The van der Waals surface area contributed by atoms with Crippen molar-refractivity contribution in [2.45, 2.75) is 77.5 Å². The molecule has 2 fully saturated rings. The average Bonchev–Trinajstić information content (AvgIpc) is 3.53. The van der Waals surface area contributed by atoms with E-state index in [2.05, 4.69) is 69.6 Å². The molecule has 2 aliphatic rings. The van der Waals surface area contributed by atoms with Crippen LogP contribution in [-0.2, 0) is 16.0 Å². The lowest BCUT2D eigenvalue weighted by atomic mass is 9.93. The molecule has 3 aromatic rings. The standard InChI is InChI=1S/C33H46N8O2S/c1-4-6-8-13-30(33-37-39-41(38-33)28-11-9-7-10-12-28)44-25(3)34-31-22-26(24-40-18-20-42-21-19-40)23-32(36-31)35-27-14-16-29(17-15-27)43-5-2/h7,9-13,22-23,27,29H,3-6,8,14-21,24H2,1-2H3,(H2,34,35,36)/b30-13-/t27-,29-. The number of para-hydroxylation sites is 1. The molecule has 10 nitrogen and oxygen atoms in total. The van der Waals surface area contributed by atoms with Gasteiger partial charge in [0.15, 0.2) is 0 Å². The maximum atomic E-state index is 5.87. The number of nitrogens with one attached hydrogen (secondary N) is 2. The number of aromatic nitrogens is 5. The Hall–Kier alpha value is -3.25. The number of rotatable bonds is 15. The van der Waals surface area contributed by atoms with Gasteiger partial charge >= 0.3 is 0 Å². The smallest absolute Gasteiger partial charge is 0.211 e. The van der Waals surface area contributed by atoms with Gasteiger partial charge in [0.25, 0.3) is 0 Å². The third-order valence-corrected chi connectivity index (χ3v) is 8.75. The molecule has 2 aromatic heterocycles. The lowest BCUT2D eigenvalue weighted by Crippen LogP contribution is -2.35. The predicted octanol–water partition coefficient (Wildman–Crippen LogP) is 6.50. The summed E-state index contributed by atoms with van der Waals surface area (Å²) >= 11 is 1.52. The largest absolute Gasteiger partial charge is 0.379 e. The number of allylic oxidation sites excluding steroid dienone is 1. The van der Waals surface area contributed by atoms with E-state index in [1.165, 1.54) is 17.3 Å². The first-order valence-electron chi connectivity index (χ1n) is 16.0. The van der Waals surface area contributed by atoms with E-state index in [-0.39, 0.29) is 0 Å². The molecule has 0 spiro atoms. The van der Waals surface area contributed by atoms with Crippen molar-refractivity contribution in [3.8, 4) is 5.69 Å². The number of hydrogen-bond donors (Lipinski definition) is 2. The van der Waals surface area contributed by atoms with Gasteiger partial charge in [-0.2, -0.15) is 0 Å². The van der Waals surface area contributed by atoms with Crippen LogP contribution < -0.4 is 10.6 Å². The Morgan fingerprint density at radius 2 is 1.86 bits per heavy atom. The summed E-state index contributed by atoms with van der Waals surface area (Å²) in [7, 11) is 0. The number of benzene rings is 1. The Labute approximate surface area is 265 Å². The fourth-order valence-electron chi connectivity index (χ4n) is 5.55. The van der Waals surface area contributed by atoms with Crippen LogP contribution in [0, 0.1) is 0 Å². The summed E-state index contributed by atoms with van der Waals surface area (Å²) in [5.74, 6) is 2.24. The van der Waals surface area contributed by atoms with Crippen LogP contribution in [0.5, 0.6) is 0 Å². The van der Waals surface area contributed by atoms with Crippen molar-refractivity contribution >= 4 is 28.3 Å². The van der Waals surface area contributed by atoms with E-state index in [1.807, 2.05) is 30.3 Å². The molecule has 0 unspecified atom stereocenters. The fraction of sp³-hybridized carbons (Fsp3) is 0.515. The molecule has 1 saturated carbocycles. The molecule has 1 aromatic carbocycles. The van der Waals surface area contributed by atoms with E-state index in [1.54, 1.807) is 4.80 Å². The monoisotopic (exact) mass is 618 g/mol. The highest BCUT2D eigenvalue weighted by atomic mass is 32.2. The molecule has 236 valence electrons. The zero-order chi connectivity index (χ0) is 30.6. The molecular weight excluding hydrogens is 572 g/mol. The second-order valence-electron chi connectivity index (χ2n) is 11.3. The number of ether oxygens (including phenoxy) is 2. The summed E-state index contributed by atoms with van der Waals surface area (Å²) in [6.07, 6.45) is 9.99. The van der Waals surface area contributed by atoms with Crippen molar-refractivity contribution in [1.29, 1.82) is 0 Å². The molecule has 0 amide bonds. The van der Waals surface area contributed by atoms with Crippen molar-refractivity contribution < 1.29 is 9.47 Å². The predicted molar refractivity (Wildman–Crippen MR) is 179 cm³/mol. The Bertz CT molecular complexity index is 1350. The van der Waals surface area contributed by atoms with Gasteiger partial charge < -0.3 is 20.1 Å². The van der Waals surface area contributed by atoms with Gasteiger partial charge in [-0.15, -0.1) is 15.0 Å². The number of morpholine rings is 1. The molecule has 3 heterocycles. The number of pyridine rings is 1. The lowest BCUT2D eigenvalue weighted by molar-refractivity contribution is 0.0340. The first-order valence-corrected chi connectivity index (χ1v) is 16.8. The van der Waals surface area contributed by atoms with Crippen molar-refractivity contribution in [1.82, 2.24) is 30.1 Å². The normalized spacial score (nSPS) is 19.5. The SMILES string of the molecule is C=C(Nc1cc(CN2CCOCC2)cc(N[C@H]2CC[C@H](OCC)CC2)n1)S/C(=C\CCCC)c1nnn(-c2ccccc2)n1. The molecule has 1 aliphatic carbocycles. The van der Waals surface area contributed by atoms with E-state index in [4.69, 9.17) is 14.5 Å². The van der Waals surface area contributed by atoms with Gasteiger partial charge in [0.05, 0.1) is 34.9 Å². The maximum absolute atomic E-state index is 5.87. The van der Waals surface area contributed by atoms with Crippen LogP contribution in [0.25, 0.3) is 10.6 Å². The van der Waals surface area contributed by atoms with Crippen molar-refractivity contribution in [3.63, 3.8) is 0 Å². The maximum Gasteiger partial charge on any atom is 0.211 e.